The first-order valence-corrected chi connectivity index (χ1v) is 6.30. The molecule has 0 aliphatic carbocycles. The van der Waals surface area contributed by atoms with Crippen molar-refractivity contribution >= 4 is 11.8 Å². The summed E-state index contributed by atoms with van der Waals surface area (Å²) in [6.07, 6.45) is 0.446. The molecule has 4 heteroatoms. The number of hydrogen-bond donors (Lipinski definition) is 1. The molecule has 0 saturated carbocycles. The zero-order valence-corrected chi connectivity index (χ0v) is 11.2. The summed E-state index contributed by atoms with van der Waals surface area (Å²) in [6.45, 7) is 1.84. The first-order valence-electron chi connectivity index (χ1n) is 6.30. The van der Waals surface area contributed by atoms with Crippen molar-refractivity contribution in [2.45, 2.75) is 13.3 Å². The summed E-state index contributed by atoms with van der Waals surface area (Å²) < 4.78 is 0. The van der Waals surface area contributed by atoms with Crippen LogP contribution in [0.25, 0.3) is 0 Å². The van der Waals surface area contributed by atoms with E-state index >= 15 is 0 Å². The Hall–Kier alpha value is -2.62. The highest BCUT2D eigenvalue weighted by atomic mass is 16.7. The third kappa shape index (κ3) is 3.68. The van der Waals surface area contributed by atoms with Crippen molar-refractivity contribution < 1.29 is 9.63 Å². The summed E-state index contributed by atoms with van der Waals surface area (Å²) in [5, 5.41) is 3.68. The number of nitrogens with zero attached hydrogens (tertiary/aromatic N) is 1. The van der Waals surface area contributed by atoms with Gasteiger partial charge in [0.05, 0.1) is 5.56 Å². The topological polar surface area (TPSA) is 64.7 Å². The van der Waals surface area contributed by atoms with E-state index in [-0.39, 0.29) is 5.84 Å². The van der Waals surface area contributed by atoms with Gasteiger partial charge in [0.2, 0.25) is 0 Å². The number of amidine groups is 1. The van der Waals surface area contributed by atoms with Crippen LogP contribution in [0.15, 0.2) is 59.8 Å². The number of oxime groups is 1. The minimum Gasteiger partial charge on any atom is -0.384 e. The Bertz CT molecular complexity index is 621. The van der Waals surface area contributed by atoms with E-state index in [0.717, 1.165) is 11.1 Å². The summed E-state index contributed by atoms with van der Waals surface area (Å²) in [4.78, 5) is 16.7. The van der Waals surface area contributed by atoms with Crippen LogP contribution in [0.3, 0.4) is 0 Å². The average Bonchev–Trinajstić information content (AvgIpc) is 2.46. The van der Waals surface area contributed by atoms with Crippen LogP contribution in [0.5, 0.6) is 0 Å². The summed E-state index contributed by atoms with van der Waals surface area (Å²) in [5.41, 5.74) is 8.09. The third-order valence-corrected chi connectivity index (χ3v) is 2.84. The Morgan fingerprint density at radius 3 is 2.45 bits per heavy atom. The number of nitrogens with two attached hydrogens (primary N) is 1. The van der Waals surface area contributed by atoms with E-state index in [1.54, 1.807) is 12.1 Å². The van der Waals surface area contributed by atoms with Gasteiger partial charge >= 0.3 is 5.97 Å². The highest BCUT2D eigenvalue weighted by Gasteiger charge is 2.09. The molecule has 102 valence electrons. The molecule has 0 aliphatic heterocycles. The first-order chi connectivity index (χ1) is 9.66. The molecule has 2 aromatic rings. The minimum atomic E-state index is -0.501. The van der Waals surface area contributed by atoms with Gasteiger partial charge < -0.3 is 10.6 Å². The molecule has 0 saturated heterocycles. The van der Waals surface area contributed by atoms with Gasteiger partial charge in [-0.25, -0.2) is 4.79 Å². The van der Waals surface area contributed by atoms with E-state index < -0.39 is 5.97 Å². The van der Waals surface area contributed by atoms with E-state index in [1.165, 1.54) is 0 Å². The fourth-order valence-corrected chi connectivity index (χ4v) is 1.79. The zero-order chi connectivity index (χ0) is 14.4. The first kappa shape index (κ1) is 13.8. The molecule has 0 unspecified atom stereocenters. The molecule has 0 fully saturated rings. The highest BCUT2D eigenvalue weighted by molar-refractivity contribution is 5.91. The van der Waals surface area contributed by atoms with Gasteiger partial charge in [-0.15, -0.1) is 0 Å². The average molecular weight is 268 g/mol. The predicted molar refractivity (Wildman–Crippen MR) is 78.4 cm³/mol. The van der Waals surface area contributed by atoms with Crippen LogP contribution in [-0.2, 0) is 11.3 Å². The maximum absolute atomic E-state index is 11.8. The number of hydrogen-bond acceptors (Lipinski definition) is 3. The van der Waals surface area contributed by atoms with Crippen molar-refractivity contribution in [1.29, 1.82) is 0 Å². The summed E-state index contributed by atoms with van der Waals surface area (Å²) in [7, 11) is 0. The molecule has 0 aromatic heterocycles. The Labute approximate surface area is 117 Å². The fourth-order valence-electron chi connectivity index (χ4n) is 1.79. The molecule has 2 N–H and O–H groups in total. The lowest BCUT2D eigenvalue weighted by Gasteiger charge is -2.03. The van der Waals surface area contributed by atoms with Gasteiger partial charge in [0, 0.05) is 6.42 Å². The summed E-state index contributed by atoms with van der Waals surface area (Å²) in [6, 6.07) is 16.8. The monoisotopic (exact) mass is 268 g/mol. The Morgan fingerprint density at radius 2 is 1.75 bits per heavy atom. The Kier molecular flexibility index (Phi) is 4.50. The molecule has 2 rings (SSSR count). The van der Waals surface area contributed by atoms with Crippen LogP contribution >= 0.6 is 0 Å². The standard InChI is InChI=1S/C16H16N2O2/c1-12-7-5-6-10-14(12)16(19)20-18-15(17)11-13-8-3-2-4-9-13/h2-10H,11H2,1H3,(H2,17,18). The summed E-state index contributed by atoms with van der Waals surface area (Å²) in [5.74, 6) is -0.239. The Morgan fingerprint density at radius 1 is 1.10 bits per heavy atom. The normalized spacial score (nSPS) is 11.2. The van der Waals surface area contributed by atoms with Crippen molar-refractivity contribution in [3.63, 3.8) is 0 Å². The van der Waals surface area contributed by atoms with Gasteiger partial charge in [-0.05, 0) is 24.1 Å². The lowest BCUT2D eigenvalue weighted by Crippen LogP contribution is -2.16. The highest BCUT2D eigenvalue weighted by Crippen LogP contribution is 2.08. The van der Waals surface area contributed by atoms with Crippen molar-refractivity contribution in [2.24, 2.45) is 10.9 Å². The third-order valence-electron chi connectivity index (χ3n) is 2.84. The predicted octanol–water partition coefficient (Wildman–Crippen LogP) is 2.67. The molecule has 0 aliphatic rings. The lowest BCUT2D eigenvalue weighted by atomic mass is 10.1. The van der Waals surface area contributed by atoms with Crippen molar-refractivity contribution in [3.05, 3.63) is 71.3 Å². The molecule has 0 amide bonds. The molecule has 0 spiro atoms. The van der Waals surface area contributed by atoms with Gasteiger partial charge in [0.15, 0.2) is 0 Å². The number of benzene rings is 2. The zero-order valence-electron chi connectivity index (χ0n) is 11.2. The van der Waals surface area contributed by atoms with Gasteiger partial charge in [0.1, 0.15) is 5.84 Å². The van der Waals surface area contributed by atoms with Gasteiger partial charge in [0.25, 0.3) is 0 Å². The summed E-state index contributed by atoms with van der Waals surface area (Å²) >= 11 is 0. The molecular formula is C16H16N2O2. The van der Waals surface area contributed by atoms with Crippen LogP contribution in [-0.4, -0.2) is 11.8 Å². The van der Waals surface area contributed by atoms with Crippen LogP contribution in [0, 0.1) is 6.92 Å². The minimum absolute atomic E-state index is 0.262. The largest absolute Gasteiger partial charge is 0.384 e. The van der Waals surface area contributed by atoms with Crippen LogP contribution in [0.1, 0.15) is 21.5 Å². The van der Waals surface area contributed by atoms with E-state index in [9.17, 15) is 4.79 Å². The molecule has 0 atom stereocenters. The maximum Gasteiger partial charge on any atom is 0.366 e. The second kappa shape index (κ2) is 6.52. The van der Waals surface area contributed by atoms with Crippen molar-refractivity contribution in [3.8, 4) is 0 Å². The fraction of sp³-hybridized carbons (Fsp3) is 0.125. The van der Waals surface area contributed by atoms with Gasteiger partial charge in [-0.1, -0.05) is 53.7 Å². The molecule has 0 heterocycles. The van der Waals surface area contributed by atoms with Crippen molar-refractivity contribution in [1.82, 2.24) is 0 Å². The SMILES string of the molecule is Cc1ccccc1C(=O)O/N=C(/N)Cc1ccccc1. The number of rotatable bonds is 4. The second-order valence-electron chi connectivity index (χ2n) is 4.44. The van der Waals surface area contributed by atoms with Gasteiger partial charge in [-0.3, -0.25) is 0 Å². The quantitative estimate of drug-likeness (QED) is 0.401. The van der Waals surface area contributed by atoms with Crippen LogP contribution in [0.2, 0.25) is 0 Å². The van der Waals surface area contributed by atoms with E-state index in [0.29, 0.717) is 12.0 Å². The second-order valence-corrected chi connectivity index (χ2v) is 4.44. The van der Waals surface area contributed by atoms with E-state index in [4.69, 9.17) is 10.6 Å². The molecule has 0 bridgehead atoms. The van der Waals surface area contributed by atoms with Crippen molar-refractivity contribution in [2.75, 3.05) is 0 Å². The molecule has 20 heavy (non-hydrogen) atoms. The van der Waals surface area contributed by atoms with Gasteiger partial charge in [-0.2, -0.15) is 0 Å². The van der Waals surface area contributed by atoms with E-state index in [1.807, 2.05) is 49.4 Å². The lowest BCUT2D eigenvalue weighted by molar-refractivity contribution is 0.0514. The Balaban J connectivity index is 1.99. The van der Waals surface area contributed by atoms with Crippen LogP contribution in [0.4, 0.5) is 0 Å². The number of aryl methyl sites for hydroxylation is 1. The molecule has 0 radical (unpaired) electrons. The number of carbonyl (C=O) groups is 1. The van der Waals surface area contributed by atoms with E-state index in [2.05, 4.69) is 5.16 Å². The smallest absolute Gasteiger partial charge is 0.366 e. The number of carbonyl (C=O) groups excluding carboxylic acids is 1. The van der Waals surface area contributed by atoms with Crippen LogP contribution < -0.4 is 5.73 Å². The maximum atomic E-state index is 11.8. The molecular weight excluding hydrogens is 252 g/mol. The molecule has 4 nitrogen and oxygen atoms in total. The molecule has 2 aromatic carbocycles.